The van der Waals surface area contributed by atoms with E-state index in [4.69, 9.17) is 21.1 Å². The van der Waals surface area contributed by atoms with Crippen LogP contribution in [0.5, 0.6) is 11.5 Å². The van der Waals surface area contributed by atoms with Gasteiger partial charge in [-0.3, -0.25) is 5.43 Å². The topological polar surface area (TPSA) is 42.8 Å². The van der Waals surface area contributed by atoms with E-state index in [9.17, 15) is 0 Å². The van der Waals surface area contributed by atoms with Gasteiger partial charge in [0, 0.05) is 10.6 Å². The third-order valence-electron chi connectivity index (χ3n) is 2.76. The summed E-state index contributed by atoms with van der Waals surface area (Å²) in [5, 5.41) is 4.90. The van der Waals surface area contributed by atoms with E-state index in [0.717, 1.165) is 11.3 Å². The zero-order valence-electron chi connectivity index (χ0n) is 12.0. The molecule has 1 N–H and O–H groups in total. The predicted octanol–water partition coefficient (Wildman–Crippen LogP) is 4.19. The van der Waals surface area contributed by atoms with Crippen molar-refractivity contribution in [1.82, 2.24) is 0 Å². The maximum absolute atomic E-state index is 5.83. The SMILES string of the molecule is CCOc1c(/C=N/Nc2ccc(Cl)cc2)cccc1OC. The Hall–Kier alpha value is -2.20. The van der Waals surface area contributed by atoms with Gasteiger partial charge in [0.1, 0.15) is 0 Å². The first-order valence-electron chi connectivity index (χ1n) is 6.59. The molecular formula is C16H17ClN2O2. The number of hydrazone groups is 1. The van der Waals surface area contributed by atoms with Gasteiger partial charge in [0.25, 0.3) is 0 Å². The fourth-order valence-electron chi connectivity index (χ4n) is 1.79. The molecule has 4 nitrogen and oxygen atoms in total. The number of hydrogen-bond acceptors (Lipinski definition) is 4. The van der Waals surface area contributed by atoms with E-state index >= 15 is 0 Å². The van der Waals surface area contributed by atoms with Crippen molar-refractivity contribution in [3.05, 3.63) is 53.1 Å². The Morgan fingerprint density at radius 2 is 1.95 bits per heavy atom. The van der Waals surface area contributed by atoms with E-state index in [2.05, 4.69) is 10.5 Å². The molecule has 0 saturated heterocycles. The molecule has 0 atom stereocenters. The molecule has 0 fully saturated rings. The minimum Gasteiger partial charge on any atom is -0.493 e. The summed E-state index contributed by atoms with van der Waals surface area (Å²) in [6.07, 6.45) is 1.70. The van der Waals surface area contributed by atoms with Gasteiger partial charge in [0.2, 0.25) is 0 Å². The minimum atomic E-state index is 0.561. The summed E-state index contributed by atoms with van der Waals surface area (Å²) in [7, 11) is 1.62. The molecule has 0 heterocycles. The molecule has 0 aliphatic heterocycles. The molecule has 0 aliphatic rings. The molecule has 0 saturated carbocycles. The van der Waals surface area contributed by atoms with Gasteiger partial charge in [-0.05, 0) is 43.3 Å². The zero-order chi connectivity index (χ0) is 15.1. The van der Waals surface area contributed by atoms with Crippen molar-refractivity contribution >= 4 is 23.5 Å². The molecule has 2 rings (SSSR count). The average Bonchev–Trinajstić information content (AvgIpc) is 2.51. The molecule has 2 aromatic rings. The lowest BCUT2D eigenvalue weighted by atomic mass is 10.2. The Bertz CT molecular complexity index is 612. The van der Waals surface area contributed by atoms with Crippen LogP contribution in [0.25, 0.3) is 0 Å². The maximum atomic E-state index is 5.83. The molecule has 0 spiro atoms. The van der Waals surface area contributed by atoms with Crippen LogP contribution in [-0.4, -0.2) is 19.9 Å². The molecule has 0 unspecified atom stereocenters. The molecule has 0 aliphatic carbocycles. The largest absolute Gasteiger partial charge is 0.493 e. The number of anilines is 1. The number of nitrogens with zero attached hydrogens (tertiary/aromatic N) is 1. The third-order valence-corrected chi connectivity index (χ3v) is 3.01. The van der Waals surface area contributed by atoms with Crippen LogP contribution in [0.3, 0.4) is 0 Å². The molecule has 2 aromatic carbocycles. The molecule has 0 aromatic heterocycles. The Morgan fingerprint density at radius 3 is 2.62 bits per heavy atom. The molecule has 0 amide bonds. The number of benzene rings is 2. The number of para-hydroxylation sites is 1. The molecule has 0 bridgehead atoms. The Kier molecular flexibility index (Phi) is 5.46. The van der Waals surface area contributed by atoms with Crippen molar-refractivity contribution in [2.24, 2.45) is 5.10 Å². The van der Waals surface area contributed by atoms with Crippen molar-refractivity contribution < 1.29 is 9.47 Å². The van der Waals surface area contributed by atoms with Gasteiger partial charge in [-0.25, -0.2) is 0 Å². The van der Waals surface area contributed by atoms with Gasteiger partial charge in [0.05, 0.1) is 25.6 Å². The fourth-order valence-corrected chi connectivity index (χ4v) is 1.92. The summed E-state index contributed by atoms with van der Waals surface area (Å²) in [6.45, 7) is 2.49. The smallest absolute Gasteiger partial charge is 0.169 e. The zero-order valence-corrected chi connectivity index (χ0v) is 12.7. The predicted molar refractivity (Wildman–Crippen MR) is 86.8 cm³/mol. The van der Waals surface area contributed by atoms with Gasteiger partial charge in [0.15, 0.2) is 11.5 Å². The van der Waals surface area contributed by atoms with Gasteiger partial charge in [-0.1, -0.05) is 17.7 Å². The van der Waals surface area contributed by atoms with Crippen LogP contribution in [0.2, 0.25) is 5.02 Å². The maximum Gasteiger partial charge on any atom is 0.169 e. The fraction of sp³-hybridized carbons (Fsp3) is 0.188. The van der Waals surface area contributed by atoms with Crippen LogP contribution in [0, 0.1) is 0 Å². The Labute approximate surface area is 129 Å². The highest BCUT2D eigenvalue weighted by atomic mass is 35.5. The Morgan fingerprint density at radius 1 is 1.19 bits per heavy atom. The van der Waals surface area contributed by atoms with Gasteiger partial charge in [-0.2, -0.15) is 5.10 Å². The standard InChI is InChI=1S/C16H17ClN2O2/c1-3-21-16-12(5-4-6-15(16)20-2)11-18-19-14-9-7-13(17)8-10-14/h4-11,19H,3H2,1-2H3/b18-11+. The van der Waals surface area contributed by atoms with Crippen LogP contribution < -0.4 is 14.9 Å². The number of methoxy groups -OCH3 is 1. The lowest BCUT2D eigenvalue weighted by Gasteiger charge is -2.11. The van der Waals surface area contributed by atoms with Crippen LogP contribution >= 0.6 is 11.6 Å². The van der Waals surface area contributed by atoms with Crippen LogP contribution in [0.15, 0.2) is 47.6 Å². The number of hydrogen-bond donors (Lipinski definition) is 1. The van der Waals surface area contributed by atoms with E-state index in [-0.39, 0.29) is 0 Å². The van der Waals surface area contributed by atoms with Crippen LogP contribution in [0.4, 0.5) is 5.69 Å². The second kappa shape index (κ2) is 7.55. The summed E-state index contributed by atoms with van der Waals surface area (Å²) in [5.74, 6) is 1.37. The quantitative estimate of drug-likeness (QED) is 0.642. The van der Waals surface area contributed by atoms with Crippen molar-refractivity contribution in [3.8, 4) is 11.5 Å². The summed E-state index contributed by atoms with van der Waals surface area (Å²) < 4.78 is 10.9. The summed E-state index contributed by atoms with van der Waals surface area (Å²) in [5.41, 5.74) is 4.64. The minimum absolute atomic E-state index is 0.561. The number of nitrogens with one attached hydrogen (secondary N) is 1. The second-order valence-corrected chi connectivity index (χ2v) is 4.62. The van der Waals surface area contributed by atoms with E-state index in [1.54, 1.807) is 25.5 Å². The van der Waals surface area contributed by atoms with E-state index < -0.39 is 0 Å². The summed E-state index contributed by atoms with van der Waals surface area (Å²) in [4.78, 5) is 0. The van der Waals surface area contributed by atoms with Crippen molar-refractivity contribution in [2.75, 3.05) is 19.1 Å². The van der Waals surface area contributed by atoms with E-state index in [1.807, 2.05) is 37.3 Å². The van der Waals surface area contributed by atoms with Crippen LogP contribution in [-0.2, 0) is 0 Å². The summed E-state index contributed by atoms with van der Waals surface area (Å²) >= 11 is 5.83. The van der Waals surface area contributed by atoms with Crippen LogP contribution in [0.1, 0.15) is 12.5 Å². The second-order valence-electron chi connectivity index (χ2n) is 4.19. The number of halogens is 1. The monoisotopic (exact) mass is 304 g/mol. The lowest BCUT2D eigenvalue weighted by molar-refractivity contribution is 0.310. The van der Waals surface area contributed by atoms with Gasteiger partial charge >= 0.3 is 0 Å². The number of ether oxygens (including phenoxy) is 2. The average molecular weight is 305 g/mol. The highest BCUT2D eigenvalue weighted by Crippen LogP contribution is 2.30. The molecule has 21 heavy (non-hydrogen) atoms. The third kappa shape index (κ3) is 4.13. The molecule has 5 heteroatoms. The van der Waals surface area contributed by atoms with Crippen molar-refractivity contribution in [1.29, 1.82) is 0 Å². The summed E-state index contributed by atoms with van der Waals surface area (Å²) in [6, 6.07) is 13.0. The first kappa shape index (κ1) is 15.2. The molecule has 0 radical (unpaired) electrons. The lowest BCUT2D eigenvalue weighted by Crippen LogP contribution is -2.00. The highest BCUT2D eigenvalue weighted by Gasteiger charge is 2.08. The Balaban J connectivity index is 2.14. The highest BCUT2D eigenvalue weighted by molar-refractivity contribution is 6.30. The molecular weight excluding hydrogens is 288 g/mol. The van der Waals surface area contributed by atoms with Gasteiger partial charge < -0.3 is 9.47 Å². The normalized spacial score (nSPS) is 10.6. The van der Waals surface area contributed by atoms with Gasteiger partial charge in [-0.15, -0.1) is 0 Å². The molecule has 110 valence electrons. The number of rotatable bonds is 6. The first-order chi connectivity index (χ1) is 10.2. The van der Waals surface area contributed by atoms with Crippen molar-refractivity contribution in [2.45, 2.75) is 6.92 Å². The van der Waals surface area contributed by atoms with Crippen molar-refractivity contribution in [3.63, 3.8) is 0 Å². The van der Waals surface area contributed by atoms with E-state index in [1.165, 1.54) is 0 Å². The first-order valence-corrected chi connectivity index (χ1v) is 6.97. The van der Waals surface area contributed by atoms with E-state index in [0.29, 0.717) is 23.1 Å².